The number of nitrogens with one attached hydrogen (secondary N) is 1. The number of carbonyl (C=O) groups is 1. The zero-order valence-electron chi connectivity index (χ0n) is 13.9. The van der Waals surface area contributed by atoms with Crippen molar-refractivity contribution >= 4 is 17.2 Å². The molecule has 3 rings (SSSR count). The van der Waals surface area contributed by atoms with Gasteiger partial charge in [0.15, 0.2) is 0 Å². The second kappa shape index (κ2) is 7.94. The largest absolute Gasteiger partial charge is 0.437 e. The first-order valence-electron chi connectivity index (χ1n) is 8.06. The monoisotopic (exact) mass is 357 g/mol. The number of rotatable bonds is 7. The van der Waals surface area contributed by atoms with E-state index in [1.54, 1.807) is 0 Å². The third kappa shape index (κ3) is 4.45. The summed E-state index contributed by atoms with van der Waals surface area (Å²) in [5.41, 5.74) is 2.43. The molecule has 25 heavy (non-hydrogen) atoms. The van der Waals surface area contributed by atoms with Gasteiger partial charge < -0.3 is 9.73 Å². The van der Waals surface area contributed by atoms with Crippen LogP contribution in [0.1, 0.15) is 17.5 Å². The van der Waals surface area contributed by atoms with Crippen LogP contribution in [0.25, 0.3) is 10.8 Å². The normalized spacial score (nSPS) is 10.8. The summed E-state index contributed by atoms with van der Waals surface area (Å²) in [5.74, 6) is -0.364. The maximum Gasteiger partial charge on any atom is 0.437 e. The lowest BCUT2D eigenvalue weighted by atomic mass is 10.1. The van der Waals surface area contributed by atoms with Crippen molar-refractivity contribution in [2.24, 2.45) is 0 Å². The number of thiophene rings is 1. The number of carbonyl (C=O) groups excluding carboxylic acids is 1. The van der Waals surface area contributed by atoms with E-state index < -0.39 is 5.76 Å². The lowest BCUT2D eigenvalue weighted by molar-refractivity contribution is -0.121. The van der Waals surface area contributed by atoms with Gasteiger partial charge in [-0.25, -0.2) is 4.79 Å². The third-order valence-electron chi connectivity index (χ3n) is 3.87. The molecule has 0 bridgehead atoms. The fourth-order valence-corrected chi connectivity index (χ4v) is 3.11. The zero-order valence-corrected chi connectivity index (χ0v) is 14.7. The van der Waals surface area contributed by atoms with E-state index in [1.807, 2.05) is 29.6 Å². The first-order chi connectivity index (χ1) is 12.1. The van der Waals surface area contributed by atoms with Crippen molar-refractivity contribution in [2.45, 2.75) is 26.3 Å². The molecular weight excluding hydrogens is 338 g/mol. The highest BCUT2D eigenvalue weighted by Gasteiger charge is 2.12. The first kappa shape index (κ1) is 17.2. The summed E-state index contributed by atoms with van der Waals surface area (Å²) in [4.78, 5) is 24.5. The van der Waals surface area contributed by atoms with Crippen LogP contribution < -0.4 is 11.1 Å². The summed E-state index contributed by atoms with van der Waals surface area (Å²) in [6.07, 6.45) is 0.967. The summed E-state index contributed by atoms with van der Waals surface area (Å²) in [7, 11) is 0. The van der Waals surface area contributed by atoms with Crippen molar-refractivity contribution in [1.29, 1.82) is 0 Å². The van der Waals surface area contributed by atoms with Crippen LogP contribution in [-0.2, 0) is 17.8 Å². The van der Waals surface area contributed by atoms with Crippen LogP contribution in [0.5, 0.6) is 0 Å². The summed E-state index contributed by atoms with van der Waals surface area (Å²) in [6, 6.07) is 11.8. The molecule has 7 heteroatoms. The Bertz CT molecular complexity index is 896. The summed E-state index contributed by atoms with van der Waals surface area (Å²) in [6.45, 7) is 2.82. The number of hydrogen-bond donors (Lipinski definition) is 1. The van der Waals surface area contributed by atoms with E-state index >= 15 is 0 Å². The minimum Gasteiger partial charge on any atom is -0.387 e. The van der Waals surface area contributed by atoms with E-state index in [4.69, 9.17) is 4.42 Å². The smallest absolute Gasteiger partial charge is 0.387 e. The predicted molar refractivity (Wildman–Crippen MR) is 96.6 cm³/mol. The van der Waals surface area contributed by atoms with Gasteiger partial charge in [-0.1, -0.05) is 30.3 Å². The number of aromatic nitrogens is 2. The van der Waals surface area contributed by atoms with Gasteiger partial charge in [0, 0.05) is 13.0 Å². The maximum absolute atomic E-state index is 12.0. The fraction of sp³-hybridized carbons (Fsp3) is 0.278. The minimum atomic E-state index is -0.545. The van der Waals surface area contributed by atoms with Gasteiger partial charge in [0.1, 0.15) is 0 Å². The van der Waals surface area contributed by atoms with Crippen LogP contribution in [0.4, 0.5) is 0 Å². The van der Waals surface area contributed by atoms with Gasteiger partial charge in [-0.15, -0.1) is 16.4 Å². The SMILES string of the molecule is Cc1ccccc1CCNC(=O)CCn1nc(-c2cccs2)oc1=O. The molecule has 0 aliphatic carbocycles. The van der Waals surface area contributed by atoms with Crippen molar-refractivity contribution < 1.29 is 9.21 Å². The average Bonchev–Trinajstić information content (AvgIpc) is 3.24. The molecule has 0 aliphatic heterocycles. The van der Waals surface area contributed by atoms with Gasteiger partial charge in [-0.05, 0) is 35.9 Å². The Hall–Kier alpha value is -2.67. The highest BCUT2D eigenvalue weighted by Crippen LogP contribution is 2.20. The zero-order chi connectivity index (χ0) is 17.6. The highest BCUT2D eigenvalue weighted by molar-refractivity contribution is 7.13. The minimum absolute atomic E-state index is 0.110. The van der Waals surface area contributed by atoms with Crippen molar-refractivity contribution in [3.05, 3.63) is 63.5 Å². The van der Waals surface area contributed by atoms with E-state index in [-0.39, 0.29) is 18.9 Å². The number of hydrogen-bond acceptors (Lipinski definition) is 5. The summed E-state index contributed by atoms with van der Waals surface area (Å²) >= 11 is 1.44. The van der Waals surface area contributed by atoms with E-state index in [0.717, 1.165) is 11.3 Å². The molecule has 0 unspecified atom stereocenters. The first-order valence-corrected chi connectivity index (χ1v) is 8.94. The van der Waals surface area contributed by atoms with Crippen LogP contribution >= 0.6 is 11.3 Å². The van der Waals surface area contributed by atoms with E-state index in [1.165, 1.54) is 27.1 Å². The Morgan fingerprint density at radius 3 is 2.88 bits per heavy atom. The Morgan fingerprint density at radius 1 is 1.28 bits per heavy atom. The number of benzene rings is 1. The van der Waals surface area contributed by atoms with Crippen molar-refractivity contribution in [3.63, 3.8) is 0 Å². The van der Waals surface area contributed by atoms with E-state index in [2.05, 4.69) is 29.5 Å². The van der Waals surface area contributed by atoms with Gasteiger partial charge in [0.25, 0.3) is 5.89 Å². The van der Waals surface area contributed by atoms with Gasteiger partial charge in [-0.2, -0.15) is 4.68 Å². The quantitative estimate of drug-likeness (QED) is 0.705. The van der Waals surface area contributed by atoms with Gasteiger partial charge in [-0.3, -0.25) is 4.79 Å². The predicted octanol–water partition coefficient (Wildman–Crippen LogP) is 2.62. The number of aryl methyl sites for hydroxylation is 2. The molecule has 2 aromatic heterocycles. The fourth-order valence-electron chi connectivity index (χ4n) is 2.47. The Morgan fingerprint density at radius 2 is 2.12 bits per heavy atom. The second-order valence-electron chi connectivity index (χ2n) is 5.65. The molecule has 3 aromatic rings. The molecule has 1 aromatic carbocycles. The third-order valence-corrected chi connectivity index (χ3v) is 4.72. The molecule has 2 heterocycles. The van der Waals surface area contributed by atoms with Crippen molar-refractivity contribution in [2.75, 3.05) is 6.54 Å². The van der Waals surface area contributed by atoms with Crippen LogP contribution in [0, 0.1) is 6.92 Å². The van der Waals surface area contributed by atoms with Crippen LogP contribution in [0.3, 0.4) is 0 Å². The van der Waals surface area contributed by atoms with Crippen LogP contribution in [0.2, 0.25) is 0 Å². The maximum atomic E-state index is 12.0. The number of nitrogens with zero attached hydrogens (tertiary/aromatic N) is 2. The molecule has 1 N–H and O–H groups in total. The average molecular weight is 357 g/mol. The molecule has 0 saturated carbocycles. The molecule has 1 amide bonds. The van der Waals surface area contributed by atoms with Gasteiger partial charge >= 0.3 is 5.76 Å². The van der Waals surface area contributed by atoms with Crippen molar-refractivity contribution in [1.82, 2.24) is 15.1 Å². The highest BCUT2D eigenvalue weighted by atomic mass is 32.1. The summed E-state index contributed by atoms with van der Waals surface area (Å²) < 4.78 is 6.31. The molecule has 130 valence electrons. The van der Waals surface area contributed by atoms with Crippen LogP contribution in [0.15, 0.2) is 51.0 Å². The molecule has 0 atom stereocenters. The molecule has 0 aliphatic rings. The Kier molecular flexibility index (Phi) is 5.45. The number of amides is 1. The lowest BCUT2D eigenvalue weighted by Gasteiger charge is -2.07. The summed E-state index contributed by atoms with van der Waals surface area (Å²) in [5, 5.41) is 8.89. The lowest BCUT2D eigenvalue weighted by Crippen LogP contribution is -2.28. The molecule has 0 fully saturated rings. The second-order valence-corrected chi connectivity index (χ2v) is 6.60. The molecule has 0 saturated heterocycles. The van der Waals surface area contributed by atoms with E-state index in [9.17, 15) is 9.59 Å². The molecular formula is C18H19N3O3S. The standard InChI is InChI=1S/C18H19N3O3S/c1-13-5-2-3-6-14(13)8-10-19-16(22)9-11-21-18(23)24-17(20-21)15-7-4-12-25-15/h2-7,12H,8-11H2,1H3,(H,19,22). The van der Waals surface area contributed by atoms with Crippen LogP contribution in [-0.4, -0.2) is 22.2 Å². The molecule has 0 spiro atoms. The van der Waals surface area contributed by atoms with Gasteiger partial charge in [0.2, 0.25) is 5.91 Å². The van der Waals surface area contributed by atoms with Gasteiger partial charge in [0.05, 0.1) is 11.4 Å². The molecule has 6 nitrogen and oxygen atoms in total. The Balaban J connectivity index is 1.48. The molecule has 0 radical (unpaired) electrons. The van der Waals surface area contributed by atoms with Crippen molar-refractivity contribution in [3.8, 4) is 10.8 Å². The topological polar surface area (TPSA) is 77.1 Å². The Labute approximate surface area is 149 Å². The van der Waals surface area contributed by atoms with E-state index in [0.29, 0.717) is 12.4 Å².